The van der Waals surface area contributed by atoms with Crippen LogP contribution in [0.2, 0.25) is 0 Å². The van der Waals surface area contributed by atoms with Crippen LogP contribution in [0.3, 0.4) is 0 Å². The maximum absolute atomic E-state index is 13.5. The highest BCUT2D eigenvalue weighted by Crippen LogP contribution is 2.26. The number of carboxylic acids is 1. The van der Waals surface area contributed by atoms with Crippen molar-refractivity contribution >= 4 is 16.0 Å². The first-order valence-electron chi connectivity index (χ1n) is 10.0. The first-order valence-corrected chi connectivity index (χ1v) is 11.5. The van der Waals surface area contributed by atoms with E-state index in [0.717, 1.165) is 5.56 Å². The van der Waals surface area contributed by atoms with Crippen LogP contribution in [-0.4, -0.2) is 26.6 Å². The highest BCUT2D eigenvalue weighted by atomic mass is 32.2. The van der Waals surface area contributed by atoms with Crippen molar-refractivity contribution in [2.24, 2.45) is 0 Å². The largest absolute Gasteiger partial charge is 0.497 e. The van der Waals surface area contributed by atoms with Gasteiger partial charge in [0.25, 0.3) is 0 Å². The van der Waals surface area contributed by atoms with Gasteiger partial charge in [-0.15, -0.1) is 0 Å². The van der Waals surface area contributed by atoms with E-state index in [1.165, 1.54) is 43.5 Å². The van der Waals surface area contributed by atoms with E-state index in [1.807, 2.05) is 12.1 Å². The van der Waals surface area contributed by atoms with Crippen LogP contribution in [0.1, 0.15) is 35.6 Å². The van der Waals surface area contributed by atoms with E-state index in [4.69, 9.17) is 9.84 Å². The fourth-order valence-electron chi connectivity index (χ4n) is 3.28. The van der Waals surface area contributed by atoms with Crippen molar-refractivity contribution in [3.8, 4) is 5.75 Å². The van der Waals surface area contributed by atoms with E-state index in [1.54, 1.807) is 24.3 Å². The summed E-state index contributed by atoms with van der Waals surface area (Å²) in [7, 11) is -2.39. The second-order valence-corrected chi connectivity index (χ2v) is 8.98. The van der Waals surface area contributed by atoms with Gasteiger partial charge in [-0.25, -0.2) is 12.8 Å². The summed E-state index contributed by atoms with van der Waals surface area (Å²) < 4.78 is 47.3. The smallest absolute Gasteiger partial charge is 0.303 e. The summed E-state index contributed by atoms with van der Waals surface area (Å²) in [5, 5.41) is 8.79. The molecule has 0 amide bonds. The first-order chi connectivity index (χ1) is 15.3. The molecule has 0 bridgehead atoms. The minimum absolute atomic E-state index is 0.0794. The summed E-state index contributed by atoms with van der Waals surface area (Å²) in [5.41, 5.74) is 2.21. The molecule has 0 heterocycles. The quantitative estimate of drug-likeness (QED) is 0.473. The Labute approximate surface area is 186 Å². The number of nitrogens with one attached hydrogen (secondary N) is 1. The molecule has 0 saturated heterocycles. The van der Waals surface area contributed by atoms with Gasteiger partial charge in [0.1, 0.15) is 11.6 Å². The zero-order chi connectivity index (χ0) is 23.1. The number of sulfonamides is 1. The summed E-state index contributed by atoms with van der Waals surface area (Å²) in [4.78, 5) is 10.8. The van der Waals surface area contributed by atoms with Crippen LogP contribution >= 0.6 is 0 Å². The third kappa shape index (κ3) is 6.15. The normalized spacial score (nSPS) is 12.3. The van der Waals surface area contributed by atoms with Gasteiger partial charge in [0.2, 0.25) is 10.0 Å². The molecule has 3 rings (SSSR count). The lowest BCUT2D eigenvalue weighted by atomic mass is 9.97. The maximum atomic E-state index is 13.5. The number of ether oxygens (including phenoxy) is 1. The molecule has 3 aromatic carbocycles. The molecular weight excluding hydrogens is 433 g/mol. The fourth-order valence-corrected chi connectivity index (χ4v) is 4.50. The van der Waals surface area contributed by atoms with Crippen LogP contribution in [0.4, 0.5) is 4.39 Å². The molecule has 168 valence electrons. The van der Waals surface area contributed by atoms with Crippen LogP contribution in [0, 0.1) is 5.82 Å². The van der Waals surface area contributed by atoms with Gasteiger partial charge < -0.3 is 9.84 Å². The number of carbonyl (C=O) groups is 1. The zero-order valence-electron chi connectivity index (χ0n) is 17.5. The number of aryl methyl sites for hydroxylation is 1. The molecule has 0 aliphatic heterocycles. The van der Waals surface area contributed by atoms with E-state index in [-0.39, 0.29) is 11.3 Å². The summed E-state index contributed by atoms with van der Waals surface area (Å²) in [6.45, 7) is 0. The second-order valence-electron chi connectivity index (χ2n) is 7.27. The molecule has 1 atom stereocenters. The van der Waals surface area contributed by atoms with Crippen LogP contribution in [0.5, 0.6) is 5.75 Å². The van der Waals surface area contributed by atoms with Crippen molar-refractivity contribution in [3.05, 3.63) is 95.3 Å². The molecule has 1 unspecified atom stereocenters. The SMILES string of the molecule is COc1ccc(S(=O)(=O)NC(c2ccc(F)cc2)c2ccc(CCCC(=O)O)cc2)cc1. The highest BCUT2D eigenvalue weighted by Gasteiger charge is 2.23. The van der Waals surface area contributed by atoms with Gasteiger partial charge >= 0.3 is 5.97 Å². The highest BCUT2D eigenvalue weighted by molar-refractivity contribution is 7.89. The van der Waals surface area contributed by atoms with Crippen LogP contribution in [-0.2, 0) is 21.2 Å². The lowest BCUT2D eigenvalue weighted by Crippen LogP contribution is -2.29. The molecule has 8 heteroatoms. The summed E-state index contributed by atoms with van der Waals surface area (Å²) in [5.74, 6) is -0.720. The van der Waals surface area contributed by atoms with E-state index in [0.29, 0.717) is 29.7 Å². The van der Waals surface area contributed by atoms with Crippen molar-refractivity contribution in [1.82, 2.24) is 4.72 Å². The number of halogens is 1. The van der Waals surface area contributed by atoms with Gasteiger partial charge in [-0.1, -0.05) is 36.4 Å². The van der Waals surface area contributed by atoms with Gasteiger partial charge in [-0.05, 0) is 65.9 Å². The molecule has 2 N–H and O–H groups in total. The Morgan fingerprint density at radius 1 is 0.969 bits per heavy atom. The lowest BCUT2D eigenvalue weighted by molar-refractivity contribution is -0.137. The number of rotatable bonds is 10. The molecule has 0 saturated carbocycles. The number of aliphatic carboxylic acids is 1. The molecule has 0 fully saturated rings. The minimum atomic E-state index is -3.89. The van der Waals surface area contributed by atoms with Crippen molar-refractivity contribution in [1.29, 1.82) is 0 Å². The van der Waals surface area contributed by atoms with E-state index < -0.39 is 27.9 Å². The third-order valence-electron chi connectivity index (χ3n) is 5.02. The van der Waals surface area contributed by atoms with Crippen LogP contribution < -0.4 is 9.46 Å². The standard InChI is InChI=1S/C24H24FNO5S/c1-31-21-13-15-22(16-14-21)32(29,30)26-24(19-9-11-20(25)12-10-19)18-7-5-17(6-8-18)3-2-4-23(27)28/h5-16,24,26H,2-4H2,1H3,(H,27,28). The Bertz CT molecular complexity index is 1140. The van der Waals surface area contributed by atoms with Gasteiger partial charge in [0.05, 0.1) is 18.0 Å². The predicted octanol–water partition coefficient (Wildman–Crippen LogP) is 4.31. The Balaban J connectivity index is 1.88. The zero-order valence-corrected chi connectivity index (χ0v) is 18.3. The van der Waals surface area contributed by atoms with Gasteiger partial charge in [-0.2, -0.15) is 4.72 Å². The second kappa shape index (κ2) is 10.4. The lowest BCUT2D eigenvalue weighted by Gasteiger charge is -2.20. The van der Waals surface area contributed by atoms with E-state index >= 15 is 0 Å². The van der Waals surface area contributed by atoms with Crippen molar-refractivity contribution in [2.75, 3.05) is 7.11 Å². The number of methoxy groups -OCH3 is 1. The average molecular weight is 458 g/mol. The van der Waals surface area contributed by atoms with Gasteiger partial charge in [0.15, 0.2) is 0 Å². The molecular formula is C24H24FNO5S. The maximum Gasteiger partial charge on any atom is 0.303 e. The topological polar surface area (TPSA) is 92.7 Å². The number of hydrogen-bond acceptors (Lipinski definition) is 4. The third-order valence-corrected chi connectivity index (χ3v) is 6.45. The Morgan fingerprint density at radius 3 is 2.06 bits per heavy atom. The van der Waals surface area contributed by atoms with Crippen molar-refractivity contribution in [2.45, 2.75) is 30.2 Å². The first kappa shape index (κ1) is 23.4. The molecule has 0 aliphatic rings. The molecule has 3 aromatic rings. The fraction of sp³-hybridized carbons (Fsp3) is 0.208. The van der Waals surface area contributed by atoms with Crippen molar-refractivity contribution < 1.29 is 27.4 Å². The Hall–Kier alpha value is -3.23. The predicted molar refractivity (Wildman–Crippen MR) is 119 cm³/mol. The molecule has 0 radical (unpaired) electrons. The molecule has 32 heavy (non-hydrogen) atoms. The number of carboxylic acid groups (broad SMARTS) is 1. The number of benzene rings is 3. The summed E-state index contributed by atoms with van der Waals surface area (Å²) in [6.07, 6.45) is 1.20. The monoisotopic (exact) mass is 457 g/mol. The van der Waals surface area contributed by atoms with E-state index in [9.17, 15) is 17.6 Å². The summed E-state index contributed by atoms with van der Waals surface area (Å²) in [6, 6.07) is 18.2. The Morgan fingerprint density at radius 2 is 1.53 bits per heavy atom. The number of hydrogen-bond donors (Lipinski definition) is 2. The Kier molecular flexibility index (Phi) is 7.61. The summed E-state index contributed by atoms with van der Waals surface area (Å²) >= 11 is 0. The molecule has 6 nitrogen and oxygen atoms in total. The average Bonchev–Trinajstić information content (AvgIpc) is 2.78. The van der Waals surface area contributed by atoms with Crippen LogP contribution in [0.25, 0.3) is 0 Å². The van der Waals surface area contributed by atoms with Crippen LogP contribution in [0.15, 0.2) is 77.7 Å². The molecule has 0 aliphatic carbocycles. The van der Waals surface area contributed by atoms with Gasteiger partial charge in [-0.3, -0.25) is 4.79 Å². The van der Waals surface area contributed by atoms with Crippen molar-refractivity contribution in [3.63, 3.8) is 0 Å². The minimum Gasteiger partial charge on any atom is -0.497 e. The molecule has 0 spiro atoms. The van der Waals surface area contributed by atoms with Gasteiger partial charge in [0, 0.05) is 6.42 Å². The van der Waals surface area contributed by atoms with E-state index in [2.05, 4.69) is 4.72 Å². The molecule has 0 aromatic heterocycles.